The Morgan fingerprint density at radius 2 is 2.00 bits per heavy atom. The third kappa shape index (κ3) is 6.68. The quantitative estimate of drug-likeness (QED) is 0.320. The van der Waals surface area contributed by atoms with Gasteiger partial charge in [-0.05, 0) is 44.2 Å². The van der Waals surface area contributed by atoms with Crippen LogP contribution < -0.4 is 10.6 Å². The monoisotopic (exact) mass is 536 g/mol. The van der Waals surface area contributed by atoms with Gasteiger partial charge in [-0.2, -0.15) is 0 Å². The van der Waals surface area contributed by atoms with E-state index in [2.05, 4.69) is 56.3 Å². The van der Waals surface area contributed by atoms with E-state index in [9.17, 15) is 0 Å². The van der Waals surface area contributed by atoms with E-state index in [0.717, 1.165) is 37.5 Å². The maximum Gasteiger partial charge on any atom is 0.191 e. The fourth-order valence-electron chi connectivity index (χ4n) is 4.78. The van der Waals surface area contributed by atoms with Gasteiger partial charge in [0.05, 0.1) is 6.54 Å². The van der Waals surface area contributed by atoms with Gasteiger partial charge in [-0.15, -0.1) is 24.0 Å². The molecule has 0 radical (unpaired) electrons. The van der Waals surface area contributed by atoms with E-state index < -0.39 is 0 Å². The highest BCUT2D eigenvalue weighted by Gasteiger charge is 2.30. The Morgan fingerprint density at radius 1 is 1.19 bits per heavy atom. The van der Waals surface area contributed by atoms with Crippen LogP contribution in [0.3, 0.4) is 0 Å². The van der Waals surface area contributed by atoms with Crippen molar-refractivity contribution in [3.05, 3.63) is 53.6 Å². The Kier molecular flexibility index (Phi) is 9.19. The zero-order valence-electron chi connectivity index (χ0n) is 18.9. The van der Waals surface area contributed by atoms with Gasteiger partial charge in [-0.1, -0.05) is 37.1 Å². The number of halogens is 1. The average molecular weight is 537 g/mol. The number of aryl methyl sites for hydroxylation is 1. The Balaban J connectivity index is 0.00000272. The molecular weight excluding hydrogens is 499 g/mol. The van der Waals surface area contributed by atoms with Crippen LogP contribution in [-0.4, -0.2) is 52.1 Å². The lowest BCUT2D eigenvalue weighted by molar-refractivity contribution is 0.242. The van der Waals surface area contributed by atoms with Crippen LogP contribution in [0.4, 0.5) is 0 Å². The summed E-state index contributed by atoms with van der Waals surface area (Å²) in [5.41, 5.74) is 2.52. The molecule has 2 heterocycles. The van der Waals surface area contributed by atoms with Crippen molar-refractivity contribution in [2.75, 3.05) is 19.6 Å². The van der Waals surface area contributed by atoms with E-state index in [4.69, 9.17) is 4.99 Å². The van der Waals surface area contributed by atoms with Crippen molar-refractivity contribution in [1.29, 1.82) is 0 Å². The predicted octanol–water partition coefficient (Wildman–Crippen LogP) is 3.93. The maximum absolute atomic E-state index is 4.88. The molecule has 7 heteroatoms. The molecule has 1 saturated heterocycles. The molecule has 1 unspecified atom stereocenters. The van der Waals surface area contributed by atoms with Crippen molar-refractivity contribution in [2.45, 2.75) is 71.1 Å². The van der Waals surface area contributed by atoms with Crippen LogP contribution in [0.5, 0.6) is 0 Å². The molecule has 1 atom stereocenters. The number of hydrogen-bond acceptors (Lipinski definition) is 3. The highest BCUT2D eigenvalue weighted by Crippen LogP contribution is 2.26. The smallest absolute Gasteiger partial charge is 0.191 e. The van der Waals surface area contributed by atoms with E-state index in [1.54, 1.807) is 0 Å². The van der Waals surface area contributed by atoms with Crippen molar-refractivity contribution in [1.82, 2.24) is 25.1 Å². The largest absolute Gasteiger partial charge is 0.357 e. The first-order valence-corrected chi connectivity index (χ1v) is 11.6. The summed E-state index contributed by atoms with van der Waals surface area (Å²) in [5.74, 6) is 1.98. The first kappa shape index (κ1) is 24.0. The standard InChI is InChI=1S/C24H36N6.HI/c1-3-25-24(28-22-11-13-30(18-22)23-9-4-5-10-23)27-16-20-7-6-8-21(15-20)17-29-14-12-26-19(29)2;/h6-8,12,14-15,22-23H,3-5,9-11,13,16-18H2,1-2H3,(H2,25,27,28);1H. The Labute approximate surface area is 203 Å². The first-order chi connectivity index (χ1) is 14.7. The fraction of sp³-hybridized carbons (Fsp3) is 0.583. The minimum Gasteiger partial charge on any atom is -0.357 e. The van der Waals surface area contributed by atoms with E-state index in [1.807, 2.05) is 19.3 Å². The molecule has 2 aromatic rings. The van der Waals surface area contributed by atoms with Crippen LogP contribution in [0.1, 0.15) is 56.0 Å². The molecule has 0 amide bonds. The van der Waals surface area contributed by atoms with Crippen LogP contribution >= 0.6 is 24.0 Å². The second kappa shape index (κ2) is 11.9. The molecule has 0 spiro atoms. The number of aromatic nitrogens is 2. The van der Waals surface area contributed by atoms with Crippen LogP contribution in [0.15, 0.2) is 41.7 Å². The molecule has 1 aromatic carbocycles. The SMILES string of the molecule is CCNC(=NCc1cccc(Cn2ccnc2C)c1)NC1CCN(C2CCCC2)C1.I. The van der Waals surface area contributed by atoms with Crippen LogP contribution in [-0.2, 0) is 13.1 Å². The molecule has 4 rings (SSSR count). The lowest BCUT2D eigenvalue weighted by atomic mass is 10.1. The van der Waals surface area contributed by atoms with Crippen molar-refractivity contribution < 1.29 is 0 Å². The summed E-state index contributed by atoms with van der Waals surface area (Å²) in [5, 5.41) is 7.11. The van der Waals surface area contributed by atoms with Crippen LogP contribution in [0, 0.1) is 6.92 Å². The number of nitrogens with zero attached hydrogens (tertiary/aromatic N) is 4. The highest BCUT2D eigenvalue weighted by molar-refractivity contribution is 14.0. The predicted molar refractivity (Wildman–Crippen MR) is 138 cm³/mol. The zero-order chi connectivity index (χ0) is 20.8. The number of hydrogen-bond donors (Lipinski definition) is 2. The molecule has 1 aliphatic carbocycles. The van der Waals surface area contributed by atoms with Gasteiger partial charge in [-0.25, -0.2) is 9.98 Å². The molecule has 31 heavy (non-hydrogen) atoms. The second-order valence-electron chi connectivity index (χ2n) is 8.68. The summed E-state index contributed by atoms with van der Waals surface area (Å²) in [6.07, 6.45) is 10.7. The van der Waals surface area contributed by atoms with Gasteiger partial charge in [0.25, 0.3) is 0 Å². The Hall–Kier alpha value is -1.61. The normalized spacial score (nSPS) is 20.1. The molecule has 1 saturated carbocycles. The summed E-state index contributed by atoms with van der Waals surface area (Å²) in [6, 6.07) is 10.0. The number of nitrogens with one attached hydrogen (secondary N) is 2. The minimum absolute atomic E-state index is 0. The molecule has 1 aromatic heterocycles. The average Bonchev–Trinajstić information content (AvgIpc) is 3.50. The molecule has 2 fully saturated rings. The van der Waals surface area contributed by atoms with Gasteiger partial charge < -0.3 is 15.2 Å². The molecule has 1 aliphatic heterocycles. The summed E-state index contributed by atoms with van der Waals surface area (Å²) in [4.78, 5) is 11.9. The third-order valence-electron chi connectivity index (χ3n) is 6.43. The summed E-state index contributed by atoms with van der Waals surface area (Å²) >= 11 is 0. The summed E-state index contributed by atoms with van der Waals surface area (Å²) < 4.78 is 2.17. The van der Waals surface area contributed by atoms with Crippen LogP contribution in [0.2, 0.25) is 0 Å². The van der Waals surface area contributed by atoms with Gasteiger partial charge in [0, 0.05) is 50.7 Å². The Bertz CT molecular complexity index is 842. The minimum atomic E-state index is 0. The number of likely N-dealkylation sites (tertiary alicyclic amines) is 1. The van der Waals surface area contributed by atoms with Crippen molar-refractivity contribution in [3.63, 3.8) is 0 Å². The zero-order valence-corrected chi connectivity index (χ0v) is 21.2. The van der Waals surface area contributed by atoms with Crippen molar-refractivity contribution in [2.24, 2.45) is 4.99 Å². The summed E-state index contributed by atoms with van der Waals surface area (Å²) in [6.45, 7) is 8.95. The Morgan fingerprint density at radius 3 is 2.74 bits per heavy atom. The third-order valence-corrected chi connectivity index (χ3v) is 6.43. The first-order valence-electron chi connectivity index (χ1n) is 11.6. The number of benzene rings is 1. The summed E-state index contributed by atoms with van der Waals surface area (Å²) in [7, 11) is 0. The van der Waals surface area contributed by atoms with E-state index >= 15 is 0 Å². The van der Waals surface area contributed by atoms with Gasteiger partial charge in [-0.3, -0.25) is 4.90 Å². The highest BCUT2D eigenvalue weighted by atomic mass is 127. The maximum atomic E-state index is 4.88. The van der Waals surface area contributed by atoms with E-state index in [0.29, 0.717) is 12.6 Å². The molecular formula is C24H37IN6. The molecule has 2 aliphatic rings. The van der Waals surface area contributed by atoms with Crippen LogP contribution in [0.25, 0.3) is 0 Å². The molecule has 6 nitrogen and oxygen atoms in total. The topological polar surface area (TPSA) is 57.5 Å². The fourth-order valence-corrected chi connectivity index (χ4v) is 4.78. The lowest BCUT2D eigenvalue weighted by Crippen LogP contribution is -2.45. The lowest BCUT2D eigenvalue weighted by Gasteiger charge is -2.24. The number of imidazole rings is 1. The van der Waals surface area contributed by atoms with Crippen molar-refractivity contribution >= 4 is 29.9 Å². The van der Waals surface area contributed by atoms with Gasteiger partial charge in [0.2, 0.25) is 0 Å². The molecule has 170 valence electrons. The number of aliphatic imine (C=N–C) groups is 1. The number of guanidine groups is 1. The van der Waals surface area contributed by atoms with Gasteiger partial charge in [0.15, 0.2) is 5.96 Å². The second-order valence-corrected chi connectivity index (χ2v) is 8.68. The van der Waals surface area contributed by atoms with Gasteiger partial charge in [0.1, 0.15) is 5.82 Å². The van der Waals surface area contributed by atoms with E-state index in [-0.39, 0.29) is 24.0 Å². The molecule has 0 bridgehead atoms. The number of rotatable bonds is 7. The van der Waals surface area contributed by atoms with Gasteiger partial charge >= 0.3 is 0 Å². The van der Waals surface area contributed by atoms with Crippen molar-refractivity contribution in [3.8, 4) is 0 Å². The van der Waals surface area contributed by atoms with E-state index in [1.165, 1.54) is 49.8 Å². The molecule has 2 N–H and O–H groups in total.